The zero-order valence-corrected chi connectivity index (χ0v) is 8.77. The topological polar surface area (TPSA) is 81.8 Å². The van der Waals surface area contributed by atoms with Crippen LogP contribution < -0.4 is 0 Å². The van der Waals surface area contributed by atoms with Crippen LogP contribution in [0.4, 0.5) is 0 Å². The lowest BCUT2D eigenvalue weighted by Crippen LogP contribution is -1.99. The Balaban J connectivity index is 2.20. The second-order valence-electron chi connectivity index (χ2n) is 3.70. The summed E-state index contributed by atoms with van der Waals surface area (Å²) in [4.78, 5) is 20.8. The van der Waals surface area contributed by atoms with Crippen LogP contribution in [0.15, 0.2) is 36.7 Å². The standard InChI is InChI=1S/C12H9N3O2/c16-12(17)11-10(13-6-14-11)9-5-7-3-1-2-4-8(7)15-9/h1-6,15H,(H,13,14)(H,16,17). The van der Waals surface area contributed by atoms with Crippen molar-refractivity contribution < 1.29 is 9.90 Å². The van der Waals surface area contributed by atoms with E-state index in [1.54, 1.807) is 0 Å². The quantitative estimate of drug-likeness (QED) is 0.628. The molecule has 0 saturated heterocycles. The second-order valence-corrected chi connectivity index (χ2v) is 3.70. The molecule has 0 saturated carbocycles. The maximum Gasteiger partial charge on any atom is 0.354 e. The van der Waals surface area contributed by atoms with Gasteiger partial charge in [0.1, 0.15) is 5.69 Å². The van der Waals surface area contributed by atoms with Crippen LogP contribution in [-0.2, 0) is 0 Å². The van der Waals surface area contributed by atoms with Gasteiger partial charge in [-0.2, -0.15) is 0 Å². The van der Waals surface area contributed by atoms with Crippen LogP contribution >= 0.6 is 0 Å². The molecule has 1 aromatic carbocycles. The molecule has 0 aliphatic carbocycles. The minimum atomic E-state index is -1.02. The summed E-state index contributed by atoms with van der Waals surface area (Å²) in [7, 11) is 0. The van der Waals surface area contributed by atoms with Gasteiger partial charge in [-0.25, -0.2) is 9.78 Å². The first kappa shape index (κ1) is 9.65. The van der Waals surface area contributed by atoms with Gasteiger partial charge in [-0.15, -0.1) is 0 Å². The number of aromatic nitrogens is 3. The van der Waals surface area contributed by atoms with Crippen LogP contribution in [0.1, 0.15) is 10.5 Å². The fourth-order valence-electron chi connectivity index (χ4n) is 1.86. The largest absolute Gasteiger partial charge is 0.477 e. The van der Waals surface area contributed by atoms with Crippen molar-refractivity contribution in [1.29, 1.82) is 0 Å². The summed E-state index contributed by atoms with van der Waals surface area (Å²) >= 11 is 0. The van der Waals surface area contributed by atoms with Crippen LogP contribution in [0.5, 0.6) is 0 Å². The van der Waals surface area contributed by atoms with Crippen LogP contribution in [0.2, 0.25) is 0 Å². The lowest BCUT2D eigenvalue weighted by atomic mass is 10.2. The molecule has 3 N–H and O–H groups in total. The molecule has 2 heterocycles. The molecule has 3 rings (SSSR count). The van der Waals surface area contributed by atoms with Crippen molar-refractivity contribution in [3.63, 3.8) is 0 Å². The number of fused-ring (bicyclic) bond motifs is 1. The van der Waals surface area contributed by atoms with E-state index >= 15 is 0 Å². The fraction of sp³-hybridized carbons (Fsp3) is 0. The fourth-order valence-corrected chi connectivity index (χ4v) is 1.86. The molecular weight excluding hydrogens is 218 g/mol. The SMILES string of the molecule is O=C(O)c1[nH]cnc1-c1cc2ccccc2[nH]1. The van der Waals surface area contributed by atoms with Crippen molar-refractivity contribution >= 4 is 16.9 Å². The van der Waals surface area contributed by atoms with Crippen molar-refractivity contribution in [1.82, 2.24) is 15.0 Å². The summed E-state index contributed by atoms with van der Waals surface area (Å²) in [5, 5.41) is 10.0. The van der Waals surface area contributed by atoms with E-state index in [9.17, 15) is 4.79 Å². The number of aromatic carboxylic acids is 1. The third-order valence-corrected chi connectivity index (χ3v) is 2.64. The molecule has 0 atom stereocenters. The molecule has 2 aromatic heterocycles. The second kappa shape index (κ2) is 3.48. The first-order valence-electron chi connectivity index (χ1n) is 5.10. The summed E-state index contributed by atoms with van der Waals surface area (Å²) in [6.45, 7) is 0. The zero-order chi connectivity index (χ0) is 11.8. The van der Waals surface area contributed by atoms with Crippen LogP contribution in [0.3, 0.4) is 0 Å². The third kappa shape index (κ3) is 1.48. The van der Waals surface area contributed by atoms with Gasteiger partial charge in [0, 0.05) is 10.9 Å². The molecule has 0 radical (unpaired) electrons. The van der Waals surface area contributed by atoms with Crippen molar-refractivity contribution in [3.05, 3.63) is 42.4 Å². The summed E-state index contributed by atoms with van der Waals surface area (Å²) in [5.74, 6) is -1.02. The molecule has 0 bridgehead atoms. The molecule has 0 unspecified atom stereocenters. The van der Waals surface area contributed by atoms with E-state index in [0.29, 0.717) is 11.4 Å². The number of hydrogen-bond donors (Lipinski definition) is 3. The number of rotatable bonds is 2. The van der Waals surface area contributed by atoms with E-state index in [4.69, 9.17) is 5.11 Å². The maximum absolute atomic E-state index is 11.0. The predicted molar refractivity (Wildman–Crippen MR) is 62.8 cm³/mol. The molecule has 5 heteroatoms. The number of carbonyl (C=O) groups is 1. The number of aromatic amines is 2. The Bertz CT molecular complexity index is 663. The molecule has 0 fully saturated rings. The average Bonchev–Trinajstić information content (AvgIpc) is 2.95. The number of H-pyrrole nitrogens is 2. The van der Waals surface area contributed by atoms with Crippen molar-refractivity contribution in [2.24, 2.45) is 0 Å². The van der Waals surface area contributed by atoms with Gasteiger partial charge >= 0.3 is 5.97 Å². The minimum Gasteiger partial charge on any atom is -0.477 e. The van der Waals surface area contributed by atoms with Gasteiger partial charge in [0.15, 0.2) is 5.69 Å². The average molecular weight is 227 g/mol. The van der Waals surface area contributed by atoms with E-state index in [0.717, 1.165) is 10.9 Å². The molecule has 0 spiro atoms. The van der Waals surface area contributed by atoms with Crippen LogP contribution in [0.25, 0.3) is 22.3 Å². The smallest absolute Gasteiger partial charge is 0.354 e. The molecular formula is C12H9N3O2. The Labute approximate surface area is 96.1 Å². The van der Waals surface area contributed by atoms with E-state index in [1.807, 2.05) is 30.3 Å². The highest BCUT2D eigenvalue weighted by atomic mass is 16.4. The lowest BCUT2D eigenvalue weighted by Gasteiger charge is -1.94. The van der Waals surface area contributed by atoms with E-state index < -0.39 is 5.97 Å². The van der Waals surface area contributed by atoms with Gasteiger partial charge in [-0.05, 0) is 12.1 Å². The van der Waals surface area contributed by atoms with Gasteiger partial charge in [0.05, 0.1) is 12.0 Å². The van der Waals surface area contributed by atoms with Gasteiger partial charge in [0.2, 0.25) is 0 Å². The normalized spacial score (nSPS) is 10.8. The van der Waals surface area contributed by atoms with Crippen molar-refractivity contribution in [3.8, 4) is 11.4 Å². The van der Waals surface area contributed by atoms with Crippen LogP contribution in [-0.4, -0.2) is 26.0 Å². The molecule has 3 aromatic rings. The number of imidazole rings is 1. The Kier molecular flexibility index (Phi) is 1.98. The van der Waals surface area contributed by atoms with Crippen molar-refractivity contribution in [2.45, 2.75) is 0 Å². The molecule has 17 heavy (non-hydrogen) atoms. The number of carboxylic acids is 1. The van der Waals surface area contributed by atoms with E-state index in [1.165, 1.54) is 6.33 Å². The van der Waals surface area contributed by atoms with Gasteiger partial charge in [0.25, 0.3) is 0 Å². The maximum atomic E-state index is 11.0. The first-order valence-corrected chi connectivity index (χ1v) is 5.10. The van der Waals surface area contributed by atoms with Crippen molar-refractivity contribution in [2.75, 3.05) is 0 Å². The van der Waals surface area contributed by atoms with Gasteiger partial charge in [-0.1, -0.05) is 18.2 Å². The van der Waals surface area contributed by atoms with Gasteiger partial charge in [-0.3, -0.25) is 0 Å². The molecule has 84 valence electrons. The highest BCUT2D eigenvalue weighted by molar-refractivity contribution is 5.94. The Morgan fingerprint density at radius 1 is 1.29 bits per heavy atom. The Hall–Kier alpha value is -2.56. The number of nitrogens with zero attached hydrogens (tertiary/aromatic N) is 1. The number of para-hydroxylation sites is 1. The Morgan fingerprint density at radius 3 is 2.88 bits per heavy atom. The van der Waals surface area contributed by atoms with Gasteiger partial charge < -0.3 is 15.1 Å². The predicted octanol–water partition coefficient (Wildman–Crippen LogP) is 2.26. The molecule has 0 amide bonds. The summed E-state index contributed by atoms with van der Waals surface area (Å²) in [6.07, 6.45) is 1.38. The number of benzene rings is 1. The summed E-state index contributed by atoms with van der Waals surface area (Å²) < 4.78 is 0. The Morgan fingerprint density at radius 2 is 2.12 bits per heavy atom. The monoisotopic (exact) mass is 227 g/mol. The third-order valence-electron chi connectivity index (χ3n) is 2.64. The number of hydrogen-bond acceptors (Lipinski definition) is 2. The van der Waals surface area contributed by atoms with E-state index in [2.05, 4.69) is 15.0 Å². The molecule has 0 aliphatic rings. The summed E-state index contributed by atoms with van der Waals surface area (Å²) in [6, 6.07) is 9.64. The minimum absolute atomic E-state index is 0.0940. The molecule has 0 aliphatic heterocycles. The highest BCUT2D eigenvalue weighted by Gasteiger charge is 2.15. The zero-order valence-electron chi connectivity index (χ0n) is 8.77. The lowest BCUT2D eigenvalue weighted by molar-refractivity contribution is 0.0692. The highest BCUT2D eigenvalue weighted by Crippen LogP contribution is 2.24. The number of carboxylic acid groups (broad SMARTS) is 1. The summed E-state index contributed by atoms with van der Waals surface area (Å²) in [5.41, 5.74) is 2.18. The molecule has 5 nitrogen and oxygen atoms in total. The first-order chi connectivity index (χ1) is 8.25. The van der Waals surface area contributed by atoms with E-state index in [-0.39, 0.29) is 5.69 Å². The number of nitrogens with one attached hydrogen (secondary N) is 2. The van der Waals surface area contributed by atoms with Crippen LogP contribution in [0, 0.1) is 0 Å².